The Labute approximate surface area is 145 Å². The van der Waals surface area contributed by atoms with Crippen LogP contribution < -0.4 is 5.56 Å². The molecule has 1 aromatic carbocycles. The highest BCUT2D eigenvalue weighted by Crippen LogP contribution is 2.26. The zero-order valence-electron chi connectivity index (χ0n) is 12.8. The molecule has 8 heteroatoms. The predicted octanol–water partition coefficient (Wildman–Crippen LogP) is 2.40. The summed E-state index contributed by atoms with van der Waals surface area (Å²) in [5, 5.41) is 11.7. The van der Waals surface area contributed by atoms with Gasteiger partial charge in [0.1, 0.15) is 6.20 Å². The molecule has 0 saturated heterocycles. The van der Waals surface area contributed by atoms with E-state index >= 15 is 0 Å². The Hall–Kier alpha value is -2.06. The van der Waals surface area contributed by atoms with Crippen LogP contribution in [0.1, 0.15) is 34.3 Å². The van der Waals surface area contributed by atoms with E-state index in [9.17, 15) is 9.59 Å². The van der Waals surface area contributed by atoms with E-state index in [0.29, 0.717) is 15.1 Å². The number of rotatable bonds is 4. The van der Waals surface area contributed by atoms with E-state index in [1.54, 1.807) is 0 Å². The standard InChI is InChI=1S/C16H14N4O2S2/c21-13(12-6-5-10-3-1-2-4-11(10)7-12)9-23-16-19-20-14(22)8-17-18-15(20)24-16/h5-8H,1-4,9H2. The Morgan fingerprint density at radius 1 is 1.25 bits per heavy atom. The van der Waals surface area contributed by atoms with Gasteiger partial charge in [0.2, 0.25) is 4.96 Å². The highest BCUT2D eigenvalue weighted by molar-refractivity contribution is 8.01. The van der Waals surface area contributed by atoms with Gasteiger partial charge < -0.3 is 0 Å². The molecule has 0 saturated carbocycles. The second-order valence-corrected chi connectivity index (χ2v) is 7.83. The molecule has 2 heterocycles. The Balaban J connectivity index is 1.49. The van der Waals surface area contributed by atoms with Crippen LogP contribution in [-0.2, 0) is 12.8 Å². The average molecular weight is 358 g/mol. The molecular weight excluding hydrogens is 344 g/mol. The van der Waals surface area contributed by atoms with Crippen molar-refractivity contribution in [3.8, 4) is 0 Å². The van der Waals surface area contributed by atoms with Gasteiger partial charge in [-0.25, -0.2) is 0 Å². The summed E-state index contributed by atoms with van der Waals surface area (Å²) in [6.07, 6.45) is 5.72. The molecule has 2 aromatic heterocycles. The van der Waals surface area contributed by atoms with E-state index in [1.165, 1.54) is 51.6 Å². The summed E-state index contributed by atoms with van der Waals surface area (Å²) in [4.78, 5) is 24.5. The number of nitrogens with zero attached hydrogens (tertiary/aromatic N) is 4. The average Bonchev–Trinajstić information content (AvgIpc) is 3.04. The minimum Gasteiger partial charge on any atom is -0.293 e. The summed E-state index contributed by atoms with van der Waals surface area (Å²) in [6.45, 7) is 0. The number of carbonyl (C=O) groups excluding carboxylic acids is 1. The number of fused-ring (bicyclic) bond motifs is 2. The minimum atomic E-state index is -0.316. The van der Waals surface area contributed by atoms with Crippen LogP contribution in [0.3, 0.4) is 0 Å². The molecule has 1 aliphatic rings. The maximum Gasteiger partial charge on any atom is 0.293 e. The van der Waals surface area contributed by atoms with Crippen molar-refractivity contribution in [3.63, 3.8) is 0 Å². The SMILES string of the molecule is O=C(CSc1nn2c(=O)cnnc2s1)c1ccc2c(c1)CCCC2. The van der Waals surface area contributed by atoms with Crippen molar-refractivity contribution in [3.05, 3.63) is 51.4 Å². The maximum atomic E-state index is 12.4. The normalized spacial score (nSPS) is 13.8. The van der Waals surface area contributed by atoms with Crippen LogP contribution in [0.25, 0.3) is 4.96 Å². The lowest BCUT2D eigenvalue weighted by molar-refractivity contribution is 0.102. The molecule has 122 valence electrons. The first-order chi connectivity index (χ1) is 11.7. The van der Waals surface area contributed by atoms with E-state index < -0.39 is 0 Å². The number of thioether (sulfide) groups is 1. The second kappa shape index (κ2) is 6.45. The van der Waals surface area contributed by atoms with Gasteiger partial charge in [-0.15, -0.1) is 10.2 Å². The Kier molecular flexibility index (Phi) is 4.15. The molecule has 0 fully saturated rings. The third-order valence-corrected chi connectivity index (χ3v) is 6.09. The summed E-state index contributed by atoms with van der Waals surface area (Å²) in [5.41, 5.74) is 3.11. The topological polar surface area (TPSA) is 77.2 Å². The molecule has 6 nitrogen and oxygen atoms in total. The minimum absolute atomic E-state index is 0.0751. The number of hydrogen-bond donors (Lipinski definition) is 0. The molecule has 0 unspecified atom stereocenters. The maximum absolute atomic E-state index is 12.4. The number of aryl methyl sites for hydroxylation is 2. The monoisotopic (exact) mass is 358 g/mol. The quantitative estimate of drug-likeness (QED) is 0.526. The number of Topliss-reactive ketones (excluding diaryl/α,β-unsaturated/α-hetero) is 1. The molecule has 24 heavy (non-hydrogen) atoms. The number of benzene rings is 1. The van der Waals surface area contributed by atoms with Crippen molar-refractivity contribution in [2.45, 2.75) is 30.0 Å². The largest absolute Gasteiger partial charge is 0.293 e. The van der Waals surface area contributed by atoms with E-state index in [2.05, 4.69) is 21.4 Å². The van der Waals surface area contributed by atoms with Gasteiger partial charge in [0.15, 0.2) is 10.1 Å². The van der Waals surface area contributed by atoms with Gasteiger partial charge in [0.05, 0.1) is 5.75 Å². The van der Waals surface area contributed by atoms with Gasteiger partial charge in [-0.1, -0.05) is 35.2 Å². The third-order valence-electron chi connectivity index (χ3n) is 4.06. The fourth-order valence-corrected chi connectivity index (χ4v) is 4.61. The summed E-state index contributed by atoms with van der Waals surface area (Å²) in [5.74, 6) is 0.368. The summed E-state index contributed by atoms with van der Waals surface area (Å²) >= 11 is 2.59. The van der Waals surface area contributed by atoms with E-state index in [-0.39, 0.29) is 11.3 Å². The van der Waals surface area contributed by atoms with Crippen LogP contribution in [0.5, 0.6) is 0 Å². The van der Waals surface area contributed by atoms with Crippen molar-refractivity contribution >= 4 is 33.8 Å². The summed E-state index contributed by atoms with van der Waals surface area (Å²) in [6, 6.07) is 6.03. The highest BCUT2D eigenvalue weighted by atomic mass is 32.2. The van der Waals surface area contributed by atoms with Crippen LogP contribution in [0.2, 0.25) is 0 Å². The van der Waals surface area contributed by atoms with Gasteiger partial charge in [0, 0.05) is 5.56 Å². The second-order valence-electron chi connectivity index (χ2n) is 5.65. The fourth-order valence-electron chi connectivity index (χ4n) is 2.83. The molecular formula is C16H14N4O2S2. The number of ketones is 1. The molecule has 0 N–H and O–H groups in total. The Morgan fingerprint density at radius 2 is 2.08 bits per heavy atom. The molecule has 0 atom stereocenters. The molecule has 0 bridgehead atoms. The van der Waals surface area contributed by atoms with E-state index in [4.69, 9.17) is 0 Å². The molecule has 1 aliphatic carbocycles. The lowest BCUT2D eigenvalue weighted by Gasteiger charge is -2.16. The zero-order chi connectivity index (χ0) is 16.5. The number of carbonyl (C=O) groups is 1. The van der Waals surface area contributed by atoms with Crippen LogP contribution >= 0.6 is 23.1 Å². The van der Waals surface area contributed by atoms with Crippen molar-refractivity contribution in [1.29, 1.82) is 0 Å². The molecule has 0 radical (unpaired) electrons. The van der Waals surface area contributed by atoms with Gasteiger partial charge in [-0.2, -0.15) is 9.61 Å². The summed E-state index contributed by atoms with van der Waals surface area (Å²) < 4.78 is 1.85. The van der Waals surface area contributed by atoms with Crippen LogP contribution in [-0.4, -0.2) is 31.3 Å². The van der Waals surface area contributed by atoms with Crippen molar-refractivity contribution in [2.24, 2.45) is 0 Å². The molecule has 0 aliphatic heterocycles. The van der Waals surface area contributed by atoms with Crippen molar-refractivity contribution < 1.29 is 4.79 Å². The predicted molar refractivity (Wildman–Crippen MR) is 93.1 cm³/mol. The number of hydrogen-bond acceptors (Lipinski definition) is 7. The first-order valence-electron chi connectivity index (χ1n) is 7.70. The van der Waals surface area contributed by atoms with Gasteiger partial charge in [0.25, 0.3) is 5.56 Å². The van der Waals surface area contributed by atoms with Crippen molar-refractivity contribution in [2.75, 3.05) is 5.75 Å². The fraction of sp³-hybridized carbons (Fsp3) is 0.312. The van der Waals surface area contributed by atoms with Crippen LogP contribution in [0.4, 0.5) is 0 Å². The third kappa shape index (κ3) is 2.99. The van der Waals surface area contributed by atoms with Crippen LogP contribution in [0.15, 0.2) is 33.5 Å². The zero-order valence-corrected chi connectivity index (χ0v) is 14.4. The lowest BCUT2D eigenvalue weighted by atomic mass is 9.90. The Morgan fingerprint density at radius 3 is 2.92 bits per heavy atom. The first-order valence-corrected chi connectivity index (χ1v) is 9.50. The Bertz CT molecular complexity index is 980. The highest BCUT2D eigenvalue weighted by Gasteiger charge is 2.14. The smallest absolute Gasteiger partial charge is 0.293 e. The van der Waals surface area contributed by atoms with Crippen molar-refractivity contribution in [1.82, 2.24) is 19.8 Å². The van der Waals surface area contributed by atoms with Gasteiger partial charge in [-0.3, -0.25) is 9.59 Å². The van der Waals surface area contributed by atoms with Gasteiger partial charge >= 0.3 is 0 Å². The molecule has 3 aromatic rings. The van der Waals surface area contributed by atoms with Gasteiger partial charge in [-0.05, 0) is 42.9 Å². The van der Waals surface area contributed by atoms with E-state index in [0.717, 1.165) is 24.6 Å². The number of aromatic nitrogens is 4. The first kappa shape index (κ1) is 15.5. The lowest BCUT2D eigenvalue weighted by Crippen LogP contribution is -2.14. The molecule has 0 spiro atoms. The molecule has 0 amide bonds. The molecule has 4 rings (SSSR count). The summed E-state index contributed by atoms with van der Waals surface area (Å²) in [7, 11) is 0. The van der Waals surface area contributed by atoms with E-state index in [1.807, 2.05) is 12.1 Å². The van der Waals surface area contributed by atoms with Crippen LogP contribution in [0, 0.1) is 0 Å².